The van der Waals surface area contributed by atoms with Gasteiger partial charge in [-0.15, -0.1) is 0 Å². The van der Waals surface area contributed by atoms with Crippen LogP contribution >= 0.6 is 0 Å². The van der Waals surface area contributed by atoms with Gasteiger partial charge in [0, 0.05) is 6.04 Å². The molecule has 0 aromatic heterocycles. The zero-order valence-corrected chi connectivity index (χ0v) is 11.7. The molecule has 0 saturated heterocycles. The number of benzene rings is 2. The Bertz CT molecular complexity index is 498. The number of halogens is 1. The van der Waals surface area contributed by atoms with Crippen molar-refractivity contribution in [3.05, 3.63) is 66.0 Å². The van der Waals surface area contributed by atoms with Gasteiger partial charge in [-0.3, -0.25) is 0 Å². The summed E-state index contributed by atoms with van der Waals surface area (Å²) >= 11 is 0. The van der Waals surface area contributed by atoms with Crippen LogP contribution < -0.4 is 10.1 Å². The Morgan fingerprint density at radius 2 is 1.75 bits per heavy atom. The van der Waals surface area contributed by atoms with E-state index in [1.165, 1.54) is 17.7 Å². The summed E-state index contributed by atoms with van der Waals surface area (Å²) in [6, 6.07) is 16.8. The van der Waals surface area contributed by atoms with E-state index in [4.69, 9.17) is 4.74 Å². The van der Waals surface area contributed by atoms with Crippen LogP contribution in [0.1, 0.15) is 24.9 Å². The van der Waals surface area contributed by atoms with Crippen LogP contribution in [0, 0.1) is 5.82 Å². The minimum absolute atomic E-state index is 0.240. The van der Waals surface area contributed by atoms with Gasteiger partial charge in [-0.1, -0.05) is 30.3 Å². The fourth-order valence-electron chi connectivity index (χ4n) is 1.97. The highest BCUT2D eigenvalue weighted by atomic mass is 19.1. The second-order valence-corrected chi connectivity index (χ2v) is 4.74. The number of hydrogen-bond donors (Lipinski definition) is 1. The van der Waals surface area contributed by atoms with Crippen molar-refractivity contribution in [1.29, 1.82) is 0 Å². The zero-order chi connectivity index (χ0) is 14.2. The summed E-state index contributed by atoms with van der Waals surface area (Å²) in [5.74, 6) is 0.471. The summed E-state index contributed by atoms with van der Waals surface area (Å²) in [6.07, 6.45) is 0.911. The molecule has 1 N–H and O–H groups in total. The molecule has 0 fully saturated rings. The molecule has 20 heavy (non-hydrogen) atoms. The van der Waals surface area contributed by atoms with E-state index < -0.39 is 0 Å². The highest BCUT2D eigenvalue weighted by molar-refractivity contribution is 5.22. The van der Waals surface area contributed by atoms with Crippen molar-refractivity contribution in [2.75, 3.05) is 13.2 Å². The highest BCUT2D eigenvalue weighted by Gasteiger charge is 2.02. The van der Waals surface area contributed by atoms with Crippen molar-refractivity contribution in [3.8, 4) is 5.75 Å². The van der Waals surface area contributed by atoms with Crippen LogP contribution in [-0.2, 0) is 0 Å². The lowest BCUT2D eigenvalue weighted by Crippen LogP contribution is -2.21. The summed E-state index contributed by atoms with van der Waals surface area (Å²) in [5, 5.41) is 3.45. The molecule has 2 aromatic rings. The number of ether oxygens (including phenoxy) is 1. The molecule has 2 rings (SSSR count). The molecule has 3 heteroatoms. The van der Waals surface area contributed by atoms with Crippen LogP contribution in [0.2, 0.25) is 0 Å². The maximum atomic E-state index is 12.7. The minimum Gasteiger partial charge on any atom is -0.494 e. The Balaban J connectivity index is 1.63. The first-order chi connectivity index (χ1) is 9.75. The molecule has 0 aliphatic carbocycles. The lowest BCUT2D eigenvalue weighted by molar-refractivity contribution is 0.305. The monoisotopic (exact) mass is 273 g/mol. The van der Waals surface area contributed by atoms with E-state index in [0.29, 0.717) is 18.4 Å². The second-order valence-electron chi connectivity index (χ2n) is 4.74. The average Bonchev–Trinajstić information content (AvgIpc) is 2.49. The zero-order valence-electron chi connectivity index (χ0n) is 11.7. The molecule has 106 valence electrons. The Hall–Kier alpha value is -1.87. The summed E-state index contributed by atoms with van der Waals surface area (Å²) in [7, 11) is 0. The van der Waals surface area contributed by atoms with Crippen molar-refractivity contribution in [2.45, 2.75) is 19.4 Å². The van der Waals surface area contributed by atoms with Gasteiger partial charge in [0.2, 0.25) is 0 Å². The molecule has 1 unspecified atom stereocenters. The van der Waals surface area contributed by atoms with E-state index in [1.807, 2.05) is 18.2 Å². The Labute approximate surface area is 119 Å². The molecule has 0 saturated carbocycles. The SMILES string of the molecule is CC(NCCCOc1ccc(F)cc1)c1ccccc1. The Morgan fingerprint density at radius 1 is 1.05 bits per heavy atom. The van der Waals surface area contributed by atoms with E-state index in [2.05, 4.69) is 24.4 Å². The molecule has 2 aromatic carbocycles. The van der Waals surface area contributed by atoms with Gasteiger partial charge in [0.1, 0.15) is 11.6 Å². The summed E-state index contributed by atoms with van der Waals surface area (Å²) in [4.78, 5) is 0. The molecule has 0 amide bonds. The van der Waals surface area contributed by atoms with Gasteiger partial charge >= 0.3 is 0 Å². The van der Waals surface area contributed by atoms with E-state index >= 15 is 0 Å². The largest absolute Gasteiger partial charge is 0.494 e. The molecule has 0 aliphatic rings. The van der Waals surface area contributed by atoms with Gasteiger partial charge in [-0.2, -0.15) is 0 Å². The summed E-state index contributed by atoms with van der Waals surface area (Å²) in [6.45, 7) is 3.66. The van der Waals surface area contributed by atoms with Crippen LogP contribution in [0.3, 0.4) is 0 Å². The van der Waals surface area contributed by atoms with E-state index in [0.717, 1.165) is 13.0 Å². The van der Waals surface area contributed by atoms with Gasteiger partial charge in [-0.25, -0.2) is 4.39 Å². The lowest BCUT2D eigenvalue weighted by Gasteiger charge is -2.14. The maximum absolute atomic E-state index is 12.7. The quantitative estimate of drug-likeness (QED) is 0.771. The molecular weight excluding hydrogens is 253 g/mol. The average molecular weight is 273 g/mol. The van der Waals surface area contributed by atoms with Crippen molar-refractivity contribution in [3.63, 3.8) is 0 Å². The van der Waals surface area contributed by atoms with Crippen molar-refractivity contribution >= 4 is 0 Å². The first kappa shape index (κ1) is 14.5. The van der Waals surface area contributed by atoms with Crippen LogP contribution in [0.15, 0.2) is 54.6 Å². The number of rotatable bonds is 7. The fraction of sp³-hybridized carbons (Fsp3) is 0.294. The van der Waals surface area contributed by atoms with E-state index in [9.17, 15) is 4.39 Å². The second kappa shape index (κ2) is 7.65. The van der Waals surface area contributed by atoms with Crippen LogP contribution in [0.4, 0.5) is 4.39 Å². The van der Waals surface area contributed by atoms with E-state index in [1.54, 1.807) is 12.1 Å². The van der Waals surface area contributed by atoms with Crippen molar-refractivity contribution < 1.29 is 9.13 Å². The van der Waals surface area contributed by atoms with Gasteiger partial charge in [0.15, 0.2) is 0 Å². The molecule has 1 atom stereocenters. The first-order valence-electron chi connectivity index (χ1n) is 6.92. The van der Waals surface area contributed by atoms with Crippen molar-refractivity contribution in [1.82, 2.24) is 5.32 Å². The normalized spacial score (nSPS) is 12.1. The standard InChI is InChI=1S/C17H20FNO/c1-14(15-6-3-2-4-7-15)19-12-5-13-20-17-10-8-16(18)9-11-17/h2-4,6-11,14,19H,5,12-13H2,1H3. The summed E-state index contributed by atoms with van der Waals surface area (Å²) in [5.41, 5.74) is 1.28. The molecule has 0 aliphatic heterocycles. The van der Waals surface area contributed by atoms with Gasteiger partial charge in [-0.05, 0) is 49.7 Å². The van der Waals surface area contributed by atoms with Gasteiger partial charge in [0.05, 0.1) is 6.61 Å². The molecule has 0 bridgehead atoms. The van der Waals surface area contributed by atoms with Crippen molar-refractivity contribution in [2.24, 2.45) is 0 Å². The van der Waals surface area contributed by atoms with E-state index in [-0.39, 0.29) is 5.82 Å². The number of hydrogen-bond acceptors (Lipinski definition) is 2. The van der Waals surface area contributed by atoms with Crippen LogP contribution in [0.25, 0.3) is 0 Å². The summed E-state index contributed by atoms with van der Waals surface area (Å²) < 4.78 is 18.3. The highest BCUT2D eigenvalue weighted by Crippen LogP contribution is 2.12. The van der Waals surface area contributed by atoms with Gasteiger partial charge in [0.25, 0.3) is 0 Å². The van der Waals surface area contributed by atoms with Gasteiger partial charge < -0.3 is 10.1 Å². The predicted octanol–water partition coefficient (Wildman–Crippen LogP) is 3.95. The first-order valence-corrected chi connectivity index (χ1v) is 6.92. The third-order valence-corrected chi connectivity index (χ3v) is 3.15. The third-order valence-electron chi connectivity index (χ3n) is 3.15. The third kappa shape index (κ3) is 4.67. The fourth-order valence-corrected chi connectivity index (χ4v) is 1.97. The minimum atomic E-state index is -0.240. The molecule has 2 nitrogen and oxygen atoms in total. The molecular formula is C17H20FNO. The van der Waals surface area contributed by atoms with Crippen LogP contribution in [0.5, 0.6) is 5.75 Å². The maximum Gasteiger partial charge on any atom is 0.123 e. The lowest BCUT2D eigenvalue weighted by atomic mass is 10.1. The predicted molar refractivity (Wildman–Crippen MR) is 79.4 cm³/mol. The Morgan fingerprint density at radius 3 is 2.45 bits per heavy atom. The number of nitrogens with one attached hydrogen (secondary N) is 1. The van der Waals surface area contributed by atoms with Crippen LogP contribution in [-0.4, -0.2) is 13.2 Å². The molecule has 0 heterocycles. The topological polar surface area (TPSA) is 21.3 Å². The molecule has 0 spiro atoms. The molecule has 0 radical (unpaired) electrons. The Kier molecular flexibility index (Phi) is 5.56. The smallest absolute Gasteiger partial charge is 0.123 e.